The van der Waals surface area contributed by atoms with E-state index in [1.165, 1.54) is 87.2 Å². The molecule has 0 amide bonds. The normalized spacial score (nSPS) is 11.9. The van der Waals surface area contributed by atoms with Crippen LogP contribution in [0, 0.1) is 6.92 Å². The van der Waals surface area contributed by atoms with Crippen LogP contribution in [0.3, 0.4) is 0 Å². The van der Waals surface area contributed by atoms with E-state index in [0.29, 0.717) is 0 Å². The Labute approximate surface area is 439 Å². The van der Waals surface area contributed by atoms with Gasteiger partial charge in [0.25, 0.3) is 0 Å². The van der Waals surface area contributed by atoms with Crippen molar-refractivity contribution in [2.75, 3.05) is 14.2 Å². The van der Waals surface area contributed by atoms with E-state index >= 15 is 0 Å². The molecule has 360 valence electrons. The number of aromatic nitrogens is 4. The van der Waals surface area contributed by atoms with Gasteiger partial charge in [-0.05, 0) is 121 Å². The summed E-state index contributed by atoms with van der Waals surface area (Å²) in [5.74, 6) is 1.56. The lowest BCUT2D eigenvalue weighted by Crippen LogP contribution is -2.53. The second-order valence-electron chi connectivity index (χ2n) is 20.0. The van der Waals surface area contributed by atoms with Crippen LogP contribution in [-0.2, 0) is 0 Å². The third-order valence-corrected chi connectivity index (χ3v) is 16.0. The minimum absolute atomic E-state index is 0.160. The van der Waals surface area contributed by atoms with Crippen LogP contribution in [0.2, 0.25) is 0 Å². The van der Waals surface area contributed by atoms with Gasteiger partial charge < -0.3 is 27.7 Å². The predicted octanol–water partition coefficient (Wildman–Crippen LogP) is 14.9. The van der Waals surface area contributed by atoms with Crippen molar-refractivity contribution >= 4 is 110 Å². The number of hydrogen-bond acceptors (Lipinski definition) is 2. The molecule has 0 saturated heterocycles. The van der Waals surface area contributed by atoms with Crippen LogP contribution in [0.5, 0.6) is 11.5 Å². The molecular formula is C69H49BN4O2. The van der Waals surface area contributed by atoms with Crippen molar-refractivity contribution in [1.29, 1.82) is 0 Å². The molecule has 0 aliphatic rings. The second-order valence-corrected chi connectivity index (χ2v) is 20.0. The topological polar surface area (TPSA) is 38.2 Å². The lowest BCUT2D eigenvalue weighted by molar-refractivity contribution is 0.396. The zero-order chi connectivity index (χ0) is 50.6. The van der Waals surface area contributed by atoms with Gasteiger partial charge in [0.2, 0.25) is 6.71 Å². The van der Waals surface area contributed by atoms with Crippen molar-refractivity contribution < 1.29 is 9.47 Å². The highest BCUT2D eigenvalue weighted by molar-refractivity contribution is 6.96. The molecule has 15 aromatic rings. The van der Waals surface area contributed by atoms with Crippen LogP contribution in [0.1, 0.15) is 5.56 Å². The minimum atomic E-state index is -0.160. The number of ether oxygens (including phenoxy) is 2. The standard InChI is InChI=1S/C69H49BN4O2/c1-44-42-51(75-2)43-64(76-3)69(44)70(45-30-34-49(35-31-45)73-58-28-16-12-24-54(58)67-62(73)40-38-60-65(67)52-22-10-14-26-56(52)71(60)47-18-6-4-7-19-47)46-32-36-50(37-33-46)74-59-29-17-13-25-55(59)68-63(74)41-39-61-66(68)53-23-11-15-27-57(53)72(61)48-20-8-5-9-21-48/h4-43H,1-3H3. The van der Waals surface area contributed by atoms with E-state index in [1.807, 2.05) is 6.07 Å². The summed E-state index contributed by atoms with van der Waals surface area (Å²) in [5, 5.41) is 9.98. The van der Waals surface area contributed by atoms with Crippen molar-refractivity contribution in [3.05, 3.63) is 248 Å². The molecule has 0 atom stereocenters. The van der Waals surface area contributed by atoms with E-state index in [1.54, 1.807) is 14.2 Å². The third kappa shape index (κ3) is 6.42. The van der Waals surface area contributed by atoms with Gasteiger partial charge in [-0.2, -0.15) is 0 Å². The van der Waals surface area contributed by atoms with Crippen LogP contribution < -0.4 is 25.9 Å². The third-order valence-electron chi connectivity index (χ3n) is 16.0. The summed E-state index contributed by atoms with van der Waals surface area (Å²) in [5.41, 5.74) is 18.5. The molecule has 4 aromatic heterocycles. The highest BCUT2D eigenvalue weighted by atomic mass is 16.5. The molecule has 0 aliphatic heterocycles. The maximum Gasteiger partial charge on any atom is 0.246 e. The highest BCUT2D eigenvalue weighted by Crippen LogP contribution is 2.44. The molecule has 0 aliphatic carbocycles. The van der Waals surface area contributed by atoms with Gasteiger partial charge in [-0.3, -0.25) is 0 Å². The number of hydrogen-bond donors (Lipinski definition) is 0. The SMILES string of the molecule is COc1cc(C)c(B(c2ccc(-n3c4ccccc4c4c5c6ccccc6n(-c6ccccc6)c5ccc43)cc2)c2ccc(-n3c4ccccc4c4c5c6ccccc6n(-c6ccccc6)c5ccc43)cc2)c(OC)c1. The maximum atomic E-state index is 6.25. The summed E-state index contributed by atoms with van der Waals surface area (Å²) in [6, 6.07) is 88.5. The monoisotopic (exact) mass is 976 g/mol. The number of nitrogens with zero attached hydrogens (tertiary/aromatic N) is 4. The zero-order valence-electron chi connectivity index (χ0n) is 42.3. The fraction of sp³-hybridized carbons (Fsp3) is 0.0435. The number of benzene rings is 11. The van der Waals surface area contributed by atoms with Crippen molar-refractivity contribution in [2.45, 2.75) is 6.92 Å². The van der Waals surface area contributed by atoms with E-state index in [9.17, 15) is 0 Å². The average molecular weight is 977 g/mol. The van der Waals surface area contributed by atoms with Crippen LogP contribution in [-0.4, -0.2) is 39.2 Å². The molecule has 0 radical (unpaired) electrons. The van der Waals surface area contributed by atoms with E-state index in [2.05, 4.69) is 262 Å². The Balaban J connectivity index is 0.890. The first kappa shape index (κ1) is 43.8. The summed E-state index contributed by atoms with van der Waals surface area (Å²) in [7, 11) is 3.47. The predicted molar refractivity (Wildman–Crippen MR) is 319 cm³/mol. The number of methoxy groups -OCH3 is 2. The number of rotatable bonds is 9. The van der Waals surface area contributed by atoms with Crippen LogP contribution in [0.25, 0.3) is 110 Å². The van der Waals surface area contributed by atoms with Gasteiger partial charge in [0.15, 0.2) is 0 Å². The lowest BCUT2D eigenvalue weighted by atomic mass is 9.36. The van der Waals surface area contributed by atoms with Crippen molar-refractivity contribution in [1.82, 2.24) is 18.3 Å². The van der Waals surface area contributed by atoms with E-state index in [-0.39, 0.29) is 6.71 Å². The Kier molecular flexibility index (Phi) is 9.91. The smallest absolute Gasteiger partial charge is 0.246 e. The van der Waals surface area contributed by atoms with E-state index < -0.39 is 0 Å². The molecule has 0 spiro atoms. The Bertz CT molecular complexity index is 4500. The van der Waals surface area contributed by atoms with Gasteiger partial charge in [-0.1, -0.05) is 144 Å². The number of para-hydroxylation sites is 6. The summed E-state index contributed by atoms with van der Waals surface area (Å²) < 4.78 is 21.7. The maximum absolute atomic E-state index is 6.25. The van der Waals surface area contributed by atoms with Crippen LogP contribution in [0.15, 0.2) is 243 Å². The molecule has 11 aromatic carbocycles. The molecule has 76 heavy (non-hydrogen) atoms. The van der Waals surface area contributed by atoms with E-state index in [4.69, 9.17) is 9.47 Å². The Morgan fingerprint density at radius 3 is 0.947 bits per heavy atom. The number of aryl methyl sites for hydroxylation is 1. The first-order valence-electron chi connectivity index (χ1n) is 26.0. The number of fused-ring (bicyclic) bond motifs is 14. The Hall–Kier alpha value is -9.72. The largest absolute Gasteiger partial charge is 0.497 e. The first-order chi connectivity index (χ1) is 37.6. The van der Waals surface area contributed by atoms with Crippen LogP contribution >= 0.6 is 0 Å². The molecule has 15 rings (SSSR count). The molecule has 0 bridgehead atoms. The average Bonchev–Trinajstić information content (AvgIpc) is 4.24. The van der Waals surface area contributed by atoms with Gasteiger partial charge in [-0.25, -0.2) is 0 Å². The fourth-order valence-corrected chi connectivity index (χ4v) is 12.9. The second kappa shape index (κ2) is 17.2. The molecule has 0 saturated carbocycles. The van der Waals surface area contributed by atoms with E-state index in [0.717, 1.165) is 56.2 Å². The lowest BCUT2D eigenvalue weighted by Gasteiger charge is -2.22. The Morgan fingerprint density at radius 2 is 0.618 bits per heavy atom. The molecule has 0 N–H and O–H groups in total. The molecular weight excluding hydrogens is 928 g/mol. The molecule has 0 unspecified atom stereocenters. The zero-order valence-corrected chi connectivity index (χ0v) is 42.3. The summed E-state index contributed by atoms with van der Waals surface area (Å²) in [6.45, 7) is 2.00. The van der Waals surface area contributed by atoms with Gasteiger partial charge in [-0.15, -0.1) is 0 Å². The minimum Gasteiger partial charge on any atom is -0.497 e. The van der Waals surface area contributed by atoms with Gasteiger partial charge in [0.05, 0.1) is 58.4 Å². The van der Waals surface area contributed by atoms with Gasteiger partial charge in [0.1, 0.15) is 11.5 Å². The van der Waals surface area contributed by atoms with Crippen molar-refractivity contribution in [2.24, 2.45) is 0 Å². The fourth-order valence-electron chi connectivity index (χ4n) is 12.9. The van der Waals surface area contributed by atoms with Crippen LogP contribution in [0.4, 0.5) is 0 Å². The summed E-state index contributed by atoms with van der Waals surface area (Å²) in [4.78, 5) is 0. The molecule has 6 nitrogen and oxygen atoms in total. The van der Waals surface area contributed by atoms with Gasteiger partial charge in [0, 0.05) is 71.9 Å². The molecule has 4 heterocycles. The van der Waals surface area contributed by atoms with Crippen molar-refractivity contribution in [3.8, 4) is 34.2 Å². The van der Waals surface area contributed by atoms with Crippen molar-refractivity contribution in [3.63, 3.8) is 0 Å². The molecule has 0 fully saturated rings. The quantitative estimate of drug-likeness (QED) is 0.135. The summed E-state index contributed by atoms with van der Waals surface area (Å²) >= 11 is 0. The summed E-state index contributed by atoms with van der Waals surface area (Å²) in [6.07, 6.45) is 0. The van der Waals surface area contributed by atoms with Gasteiger partial charge >= 0.3 is 0 Å². The Morgan fingerprint density at radius 1 is 0.303 bits per heavy atom. The first-order valence-corrected chi connectivity index (χ1v) is 26.0. The highest BCUT2D eigenvalue weighted by Gasteiger charge is 2.29. The molecule has 7 heteroatoms.